The maximum atomic E-state index is 6.19. The number of anilines is 1. The molecule has 8 nitrogen and oxygen atoms in total. The van der Waals surface area contributed by atoms with Crippen LogP contribution >= 0.6 is 35.6 Å². The zero-order chi connectivity index (χ0) is 20.1. The van der Waals surface area contributed by atoms with Gasteiger partial charge in [0.2, 0.25) is 0 Å². The molecule has 2 aromatic rings. The van der Waals surface area contributed by atoms with Gasteiger partial charge in [-0.3, -0.25) is 0 Å². The summed E-state index contributed by atoms with van der Waals surface area (Å²) in [5, 5.41) is 15.8. The summed E-state index contributed by atoms with van der Waals surface area (Å²) in [6.07, 6.45) is 1.00. The van der Waals surface area contributed by atoms with E-state index >= 15 is 0 Å². The zero-order valence-electron chi connectivity index (χ0n) is 17.3. The number of aromatic nitrogens is 3. The predicted octanol–water partition coefficient (Wildman–Crippen LogP) is 2.74. The quantitative estimate of drug-likeness (QED) is 0.338. The molecule has 1 saturated heterocycles. The fourth-order valence-electron chi connectivity index (χ4n) is 3.26. The monoisotopic (exact) mass is 533 g/mol. The number of nitrogens with zero attached hydrogens (tertiary/aromatic N) is 5. The van der Waals surface area contributed by atoms with E-state index in [-0.39, 0.29) is 30.0 Å². The summed E-state index contributed by atoms with van der Waals surface area (Å²) in [7, 11) is 3.64. The van der Waals surface area contributed by atoms with Gasteiger partial charge < -0.3 is 24.8 Å². The molecule has 160 valence electrons. The molecule has 0 radical (unpaired) electrons. The highest BCUT2D eigenvalue weighted by atomic mass is 127. The number of nitrogens with one attached hydrogen (secondary N) is 2. The third-order valence-corrected chi connectivity index (χ3v) is 5.15. The average molecular weight is 534 g/mol. The third-order valence-electron chi connectivity index (χ3n) is 4.92. The van der Waals surface area contributed by atoms with Crippen LogP contribution < -0.4 is 20.3 Å². The van der Waals surface area contributed by atoms with Gasteiger partial charge in [-0.25, -0.2) is 4.99 Å². The SMILES string of the molecule is CCNC(=NCc1nnc(C)n1C)NC1CCN(c2cc(Cl)ccc2OC)C1.I. The van der Waals surface area contributed by atoms with Crippen molar-refractivity contribution in [2.24, 2.45) is 12.0 Å². The fraction of sp³-hybridized carbons (Fsp3) is 0.526. The number of methoxy groups -OCH3 is 1. The lowest BCUT2D eigenvalue weighted by Gasteiger charge is -2.22. The van der Waals surface area contributed by atoms with E-state index in [0.717, 1.165) is 55.1 Å². The van der Waals surface area contributed by atoms with Gasteiger partial charge in [-0.2, -0.15) is 0 Å². The maximum Gasteiger partial charge on any atom is 0.191 e. The first-order chi connectivity index (χ1) is 13.5. The molecule has 0 amide bonds. The van der Waals surface area contributed by atoms with Gasteiger partial charge in [0.1, 0.15) is 18.1 Å². The summed E-state index contributed by atoms with van der Waals surface area (Å²) < 4.78 is 7.45. The van der Waals surface area contributed by atoms with E-state index in [9.17, 15) is 0 Å². The van der Waals surface area contributed by atoms with Crippen LogP contribution in [-0.4, -0.2) is 53.5 Å². The second-order valence-electron chi connectivity index (χ2n) is 6.81. The lowest BCUT2D eigenvalue weighted by atomic mass is 10.2. The lowest BCUT2D eigenvalue weighted by molar-refractivity contribution is 0.415. The molecular formula is C19H29ClIN7O. The highest BCUT2D eigenvalue weighted by Crippen LogP contribution is 2.33. The standard InChI is InChI=1S/C19H28ClN7O.HI/c1-5-21-19(22-11-18-25-24-13(2)26(18)3)23-15-8-9-27(12-15)16-10-14(20)6-7-17(16)28-4;/h6-7,10,15H,5,8-9,11-12H2,1-4H3,(H2,21,22,23);1H. The smallest absolute Gasteiger partial charge is 0.191 e. The lowest BCUT2D eigenvalue weighted by Crippen LogP contribution is -2.44. The Morgan fingerprint density at radius 2 is 2.17 bits per heavy atom. The summed E-state index contributed by atoms with van der Waals surface area (Å²) in [4.78, 5) is 6.96. The minimum atomic E-state index is 0. The maximum absolute atomic E-state index is 6.19. The van der Waals surface area contributed by atoms with E-state index in [2.05, 4.69) is 37.6 Å². The van der Waals surface area contributed by atoms with E-state index in [1.165, 1.54) is 0 Å². The minimum Gasteiger partial charge on any atom is -0.495 e. The zero-order valence-corrected chi connectivity index (χ0v) is 20.4. The van der Waals surface area contributed by atoms with Gasteiger partial charge >= 0.3 is 0 Å². The number of guanidine groups is 1. The van der Waals surface area contributed by atoms with E-state index in [0.29, 0.717) is 11.6 Å². The van der Waals surface area contributed by atoms with E-state index in [1.807, 2.05) is 36.7 Å². The van der Waals surface area contributed by atoms with Crippen LogP contribution in [0.1, 0.15) is 25.0 Å². The van der Waals surface area contributed by atoms with Crippen molar-refractivity contribution in [2.75, 3.05) is 31.6 Å². The molecule has 1 aromatic heterocycles. The highest BCUT2D eigenvalue weighted by Gasteiger charge is 2.25. The topological polar surface area (TPSA) is 79.6 Å². The molecule has 29 heavy (non-hydrogen) atoms. The number of halogens is 2. The Morgan fingerprint density at radius 1 is 1.38 bits per heavy atom. The molecule has 0 spiro atoms. The van der Waals surface area contributed by atoms with Gasteiger partial charge in [-0.1, -0.05) is 11.6 Å². The van der Waals surface area contributed by atoms with Crippen molar-refractivity contribution in [1.82, 2.24) is 25.4 Å². The summed E-state index contributed by atoms with van der Waals surface area (Å²) in [5.41, 5.74) is 1.02. The van der Waals surface area contributed by atoms with Crippen LogP contribution in [0, 0.1) is 6.92 Å². The Kier molecular flexibility index (Phi) is 8.81. The summed E-state index contributed by atoms with van der Waals surface area (Å²) in [5.74, 6) is 3.34. The molecule has 0 bridgehead atoms. The highest BCUT2D eigenvalue weighted by molar-refractivity contribution is 14.0. The Morgan fingerprint density at radius 3 is 2.83 bits per heavy atom. The van der Waals surface area contributed by atoms with Gasteiger partial charge in [0.15, 0.2) is 11.8 Å². The molecule has 0 aliphatic carbocycles. The van der Waals surface area contributed by atoms with Crippen molar-refractivity contribution >= 4 is 47.2 Å². The van der Waals surface area contributed by atoms with Crippen molar-refractivity contribution < 1.29 is 4.74 Å². The number of rotatable bonds is 6. The van der Waals surface area contributed by atoms with Crippen molar-refractivity contribution in [1.29, 1.82) is 0 Å². The van der Waals surface area contributed by atoms with Crippen LogP contribution in [0.4, 0.5) is 5.69 Å². The number of hydrogen-bond donors (Lipinski definition) is 2. The van der Waals surface area contributed by atoms with Gasteiger partial charge in [0.25, 0.3) is 0 Å². The molecule has 1 atom stereocenters. The number of benzene rings is 1. The average Bonchev–Trinajstić information content (AvgIpc) is 3.27. The number of hydrogen-bond acceptors (Lipinski definition) is 5. The van der Waals surface area contributed by atoms with E-state index in [4.69, 9.17) is 16.3 Å². The Hall–Kier alpha value is -1.75. The van der Waals surface area contributed by atoms with E-state index < -0.39 is 0 Å². The molecule has 10 heteroatoms. The van der Waals surface area contributed by atoms with Crippen LogP contribution in [0.3, 0.4) is 0 Å². The Bertz CT molecular complexity index is 842. The van der Waals surface area contributed by atoms with Crippen molar-refractivity contribution in [3.63, 3.8) is 0 Å². The molecule has 1 aliphatic heterocycles. The molecule has 1 aromatic carbocycles. The molecule has 1 aliphatic rings. The molecule has 1 unspecified atom stereocenters. The normalized spacial score (nSPS) is 16.5. The first-order valence-corrected chi connectivity index (χ1v) is 9.87. The summed E-state index contributed by atoms with van der Waals surface area (Å²) in [6.45, 7) is 7.04. The van der Waals surface area contributed by atoms with Crippen molar-refractivity contribution in [2.45, 2.75) is 32.9 Å². The van der Waals surface area contributed by atoms with Gasteiger partial charge in [-0.15, -0.1) is 34.2 Å². The summed E-state index contributed by atoms with van der Waals surface area (Å²) >= 11 is 6.19. The van der Waals surface area contributed by atoms with Crippen molar-refractivity contribution in [3.8, 4) is 5.75 Å². The predicted molar refractivity (Wildman–Crippen MR) is 128 cm³/mol. The first-order valence-electron chi connectivity index (χ1n) is 9.50. The molecular weight excluding hydrogens is 505 g/mol. The molecule has 2 N–H and O–H groups in total. The third kappa shape index (κ3) is 5.88. The van der Waals surface area contributed by atoms with Crippen LogP contribution in [0.5, 0.6) is 5.75 Å². The molecule has 3 rings (SSSR count). The first kappa shape index (κ1) is 23.5. The molecule has 2 heterocycles. The second-order valence-corrected chi connectivity index (χ2v) is 7.25. The van der Waals surface area contributed by atoms with E-state index in [1.54, 1.807) is 7.11 Å². The van der Waals surface area contributed by atoms with Crippen LogP contribution in [0.25, 0.3) is 0 Å². The fourth-order valence-corrected chi connectivity index (χ4v) is 3.43. The van der Waals surface area contributed by atoms with Crippen LogP contribution in [-0.2, 0) is 13.6 Å². The van der Waals surface area contributed by atoms with Crippen molar-refractivity contribution in [3.05, 3.63) is 34.9 Å². The number of aryl methyl sites for hydroxylation is 1. The second kappa shape index (κ2) is 10.9. The van der Waals surface area contributed by atoms with Gasteiger partial charge in [-0.05, 0) is 38.5 Å². The van der Waals surface area contributed by atoms with Gasteiger partial charge in [0, 0.05) is 37.7 Å². The molecule has 0 saturated carbocycles. The summed E-state index contributed by atoms with van der Waals surface area (Å²) in [6, 6.07) is 5.99. The number of aliphatic imine (C=N–C) groups is 1. The molecule has 1 fully saturated rings. The Labute approximate surface area is 194 Å². The van der Waals surface area contributed by atoms with Crippen LogP contribution in [0.2, 0.25) is 5.02 Å². The van der Waals surface area contributed by atoms with Crippen LogP contribution in [0.15, 0.2) is 23.2 Å². The number of ether oxygens (including phenoxy) is 1. The minimum absolute atomic E-state index is 0. The largest absolute Gasteiger partial charge is 0.495 e. The van der Waals surface area contributed by atoms with Gasteiger partial charge in [0.05, 0.1) is 12.8 Å². The Balaban J connectivity index is 0.00000300.